The number of aliphatic hydroxyl groups is 1. The van der Waals surface area contributed by atoms with Crippen molar-refractivity contribution in [1.29, 1.82) is 0 Å². The summed E-state index contributed by atoms with van der Waals surface area (Å²) in [7, 11) is 0. The lowest BCUT2D eigenvalue weighted by molar-refractivity contribution is 0.0701. The van der Waals surface area contributed by atoms with Crippen molar-refractivity contribution in [3.63, 3.8) is 0 Å². The first-order chi connectivity index (χ1) is 15.2. The quantitative estimate of drug-likeness (QED) is 0.636. The fourth-order valence-corrected chi connectivity index (χ4v) is 4.70. The Kier molecular flexibility index (Phi) is 5.15. The van der Waals surface area contributed by atoms with Crippen molar-refractivity contribution in [2.45, 2.75) is 18.5 Å². The smallest absolute Gasteiger partial charge is 0.254 e. The molecule has 1 fully saturated rings. The molecule has 1 aromatic heterocycles. The molecule has 3 atom stereocenters. The van der Waals surface area contributed by atoms with Gasteiger partial charge in [0.15, 0.2) is 0 Å². The molecule has 3 aromatic rings. The van der Waals surface area contributed by atoms with Crippen LogP contribution in [-0.2, 0) is 0 Å². The van der Waals surface area contributed by atoms with Gasteiger partial charge in [0.25, 0.3) is 5.91 Å². The Morgan fingerprint density at radius 1 is 1.10 bits per heavy atom. The molecule has 0 spiro atoms. The van der Waals surface area contributed by atoms with Crippen molar-refractivity contribution < 1.29 is 9.90 Å². The minimum absolute atomic E-state index is 0.0319. The van der Waals surface area contributed by atoms with Gasteiger partial charge in [-0.2, -0.15) is 0 Å². The van der Waals surface area contributed by atoms with E-state index in [0.29, 0.717) is 12.1 Å². The fraction of sp³-hybridized carbons (Fsp3) is 0.231. The molecular weight excluding hydrogens is 386 g/mol. The number of carbonyl (C=O) groups is 1. The minimum atomic E-state index is -0.0822. The molecule has 0 radical (unpaired) electrons. The van der Waals surface area contributed by atoms with Crippen LogP contribution in [0.5, 0.6) is 0 Å². The maximum Gasteiger partial charge on any atom is 0.254 e. The second kappa shape index (κ2) is 8.25. The van der Waals surface area contributed by atoms with E-state index in [9.17, 15) is 9.90 Å². The molecule has 2 aliphatic rings. The highest BCUT2D eigenvalue weighted by molar-refractivity contribution is 5.95. The summed E-state index contributed by atoms with van der Waals surface area (Å²) in [5.74, 6) is 6.57. The van der Waals surface area contributed by atoms with Gasteiger partial charge < -0.3 is 15.3 Å². The van der Waals surface area contributed by atoms with Crippen molar-refractivity contribution in [1.82, 2.24) is 9.88 Å². The van der Waals surface area contributed by atoms with Crippen LogP contribution in [0, 0.1) is 17.8 Å². The van der Waals surface area contributed by atoms with Crippen LogP contribution in [0.2, 0.25) is 0 Å². The number of hydrogen-bond donors (Lipinski definition) is 2. The lowest BCUT2D eigenvalue weighted by Gasteiger charge is -2.39. The van der Waals surface area contributed by atoms with E-state index in [1.165, 1.54) is 0 Å². The highest BCUT2D eigenvalue weighted by Gasteiger charge is 2.45. The van der Waals surface area contributed by atoms with Crippen LogP contribution in [-0.4, -0.2) is 40.1 Å². The zero-order chi connectivity index (χ0) is 21.2. The monoisotopic (exact) mass is 409 g/mol. The largest absolute Gasteiger partial charge is 0.394 e. The van der Waals surface area contributed by atoms with E-state index in [0.717, 1.165) is 28.8 Å². The molecule has 5 heteroatoms. The van der Waals surface area contributed by atoms with Crippen molar-refractivity contribution in [2.24, 2.45) is 5.92 Å². The molecular formula is C26H23N3O2. The minimum Gasteiger partial charge on any atom is -0.394 e. The predicted molar refractivity (Wildman–Crippen MR) is 119 cm³/mol. The van der Waals surface area contributed by atoms with E-state index in [2.05, 4.69) is 28.2 Å². The Hall–Kier alpha value is -3.62. The van der Waals surface area contributed by atoms with Gasteiger partial charge in [-0.3, -0.25) is 9.78 Å². The van der Waals surface area contributed by atoms with Gasteiger partial charge in [0.1, 0.15) is 0 Å². The average Bonchev–Trinajstić information content (AvgIpc) is 3.28. The number of likely N-dealkylation sites (tertiary alicyclic amines) is 1. The maximum absolute atomic E-state index is 13.3. The number of nitrogens with zero attached hydrogens (tertiary/aromatic N) is 2. The molecule has 2 aromatic carbocycles. The van der Waals surface area contributed by atoms with Crippen LogP contribution in [0.3, 0.4) is 0 Å². The molecule has 154 valence electrons. The molecule has 5 nitrogen and oxygen atoms in total. The van der Waals surface area contributed by atoms with Crippen LogP contribution in [0.1, 0.15) is 39.5 Å². The molecule has 0 bridgehead atoms. The number of carbonyl (C=O) groups excluding carboxylic acids is 1. The van der Waals surface area contributed by atoms with Gasteiger partial charge in [-0.1, -0.05) is 30.0 Å². The standard InChI is InChI=1S/C26H23N3O2/c30-17-24-21-12-14-29(26(31)20-6-2-1-3-7-20)25(21)22-15-18(10-11-23(22)28-24)8-9-19-5-4-13-27-16-19/h1-7,10-11,13,15-16,21,24-25,28,30H,12,14,17H2/t21-,24-,25-/m1/s1. The van der Waals surface area contributed by atoms with Gasteiger partial charge in [0, 0.05) is 47.2 Å². The highest BCUT2D eigenvalue weighted by Crippen LogP contribution is 2.47. The molecule has 0 aliphatic carbocycles. The predicted octanol–water partition coefficient (Wildman–Crippen LogP) is 3.47. The Balaban J connectivity index is 1.52. The second-order valence-electron chi connectivity index (χ2n) is 7.99. The summed E-state index contributed by atoms with van der Waals surface area (Å²) in [6.07, 6.45) is 4.32. The van der Waals surface area contributed by atoms with E-state index in [1.807, 2.05) is 59.5 Å². The van der Waals surface area contributed by atoms with Crippen LogP contribution >= 0.6 is 0 Å². The number of anilines is 1. The molecule has 1 saturated heterocycles. The highest BCUT2D eigenvalue weighted by atomic mass is 16.3. The zero-order valence-electron chi connectivity index (χ0n) is 17.0. The van der Waals surface area contributed by atoms with Crippen molar-refractivity contribution >= 4 is 11.6 Å². The first-order valence-corrected chi connectivity index (χ1v) is 10.5. The van der Waals surface area contributed by atoms with E-state index in [4.69, 9.17) is 0 Å². The van der Waals surface area contributed by atoms with Crippen molar-refractivity contribution in [3.05, 3.63) is 95.3 Å². The van der Waals surface area contributed by atoms with Crippen molar-refractivity contribution in [2.75, 3.05) is 18.5 Å². The number of amides is 1. The number of fused-ring (bicyclic) bond motifs is 3. The second-order valence-corrected chi connectivity index (χ2v) is 7.99. The first kappa shape index (κ1) is 19.3. The summed E-state index contributed by atoms with van der Waals surface area (Å²) in [5.41, 5.74) is 4.47. The Morgan fingerprint density at radius 3 is 2.71 bits per heavy atom. The molecule has 2 aliphatic heterocycles. The third kappa shape index (κ3) is 3.67. The Bertz CT molecular complexity index is 1150. The third-order valence-electron chi connectivity index (χ3n) is 6.16. The Morgan fingerprint density at radius 2 is 1.94 bits per heavy atom. The van der Waals surface area contributed by atoms with Gasteiger partial charge in [0.05, 0.1) is 18.7 Å². The number of pyridine rings is 1. The van der Waals surface area contributed by atoms with E-state index in [-0.39, 0.29) is 30.5 Å². The van der Waals surface area contributed by atoms with Gasteiger partial charge in [-0.15, -0.1) is 0 Å². The third-order valence-corrected chi connectivity index (χ3v) is 6.16. The molecule has 0 saturated carbocycles. The number of benzene rings is 2. The lowest BCUT2D eigenvalue weighted by Crippen LogP contribution is -2.42. The van der Waals surface area contributed by atoms with Crippen LogP contribution < -0.4 is 5.32 Å². The zero-order valence-corrected chi connectivity index (χ0v) is 17.0. The fourth-order valence-electron chi connectivity index (χ4n) is 4.70. The summed E-state index contributed by atoms with van der Waals surface area (Å²) in [4.78, 5) is 19.4. The number of hydrogen-bond acceptors (Lipinski definition) is 4. The molecule has 31 heavy (non-hydrogen) atoms. The summed E-state index contributed by atoms with van der Waals surface area (Å²) in [6, 6.07) is 19.1. The first-order valence-electron chi connectivity index (χ1n) is 10.5. The van der Waals surface area contributed by atoms with Gasteiger partial charge in [-0.25, -0.2) is 0 Å². The number of aliphatic hydroxyl groups excluding tert-OH is 1. The van der Waals surface area contributed by atoms with Crippen LogP contribution in [0.4, 0.5) is 5.69 Å². The van der Waals surface area contributed by atoms with Gasteiger partial charge in [-0.05, 0) is 54.4 Å². The van der Waals surface area contributed by atoms with Crippen LogP contribution in [0.15, 0.2) is 73.1 Å². The summed E-state index contributed by atoms with van der Waals surface area (Å²) >= 11 is 0. The van der Waals surface area contributed by atoms with Gasteiger partial charge in [0.2, 0.25) is 0 Å². The average molecular weight is 409 g/mol. The maximum atomic E-state index is 13.3. The summed E-state index contributed by atoms with van der Waals surface area (Å²) in [5, 5.41) is 13.4. The topological polar surface area (TPSA) is 65.5 Å². The normalized spacial score (nSPS) is 21.3. The number of nitrogens with one attached hydrogen (secondary N) is 1. The van der Waals surface area contributed by atoms with Crippen LogP contribution in [0.25, 0.3) is 0 Å². The lowest BCUT2D eigenvalue weighted by atomic mass is 9.82. The molecule has 1 amide bonds. The SMILES string of the molecule is O=C(c1ccccc1)N1CC[C@@H]2[C@@H](CO)Nc3ccc(C#Cc4cccnc4)cc3[C@@H]21. The molecule has 3 heterocycles. The van der Waals surface area contributed by atoms with Crippen molar-refractivity contribution in [3.8, 4) is 11.8 Å². The summed E-state index contributed by atoms with van der Waals surface area (Å²) < 4.78 is 0. The van der Waals surface area contributed by atoms with E-state index < -0.39 is 0 Å². The number of rotatable bonds is 2. The van der Waals surface area contributed by atoms with Gasteiger partial charge >= 0.3 is 0 Å². The molecule has 5 rings (SSSR count). The molecule has 2 N–H and O–H groups in total. The molecule has 0 unspecified atom stereocenters. The number of aromatic nitrogens is 1. The summed E-state index contributed by atoms with van der Waals surface area (Å²) in [6.45, 7) is 0.711. The van der Waals surface area contributed by atoms with E-state index >= 15 is 0 Å². The Labute approximate surface area is 181 Å². The van der Waals surface area contributed by atoms with E-state index in [1.54, 1.807) is 12.4 Å².